The lowest BCUT2D eigenvalue weighted by molar-refractivity contribution is 0.613. The van der Waals surface area contributed by atoms with Gasteiger partial charge in [-0.3, -0.25) is 0 Å². The molecule has 0 saturated heterocycles. The van der Waals surface area contributed by atoms with Crippen molar-refractivity contribution in [3.05, 3.63) is 42.1 Å². The second-order valence-electron chi connectivity index (χ2n) is 2.52. The maximum Gasteiger partial charge on any atom is 0.126 e. The molecule has 12 heavy (non-hydrogen) atoms. The van der Waals surface area contributed by atoms with Gasteiger partial charge in [0, 0.05) is 0 Å². The summed E-state index contributed by atoms with van der Waals surface area (Å²) in [4.78, 5) is 0. The summed E-state index contributed by atoms with van der Waals surface area (Å²) in [5, 5.41) is 6.77. The molecule has 2 heteroatoms. The molecule has 0 aliphatic heterocycles. The molecular weight excluding hydrogens is 153 g/mol. The van der Waals surface area contributed by atoms with Crippen molar-refractivity contribution in [2.75, 3.05) is 0 Å². The van der Waals surface area contributed by atoms with Crippen LogP contribution in [-0.4, -0.2) is 6.21 Å². The number of rotatable bonds is 4. The topological polar surface area (TPSA) is 23.9 Å². The van der Waals surface area contributed by atoms with Crippen LogP contribution in [0.5, 0.6) is 0 Å². The average Bonchev–Trinajstić information content (AvgIpc) is 2.09. The zero-order valence-corrected chi connectivity index (χ0v) is 6.76. The minimum absolute atomic E-state index is 0.168. The molecule has 0 aliphatic rings. The van der Waals surface area contributed by atoms with Crippen molar-refractivity contribution >= 4 is 6.21 Å². The molecule has 63 valence electrons. The van der Waals surface area contributed by atoms with Crippen LogP contribution in [-0.2, 0) is 6.42 Å². The first kappa shape index (κ1) is 8.91. The van der Waals surface area contributed by atoms with Crippen molar-refractivity contribution < 1.29 is 4.39 Å². The van der Waals surface area contributed by atoms with Gasteiger partial charge in [-0.05, 0) is 37.1 Å². The van der Waals surface area contributed by atoms with E-state index in [-0.39, 0.29) is 5.82 Å². The predicted octanol–water partition coefficient (Wildman–Crippen LogP) is 2.61. The van der Waals surface area contributed by atoms with Gasteiger partial charge in [-0.15, -0.1) is 0 Å². The number of hydrogen-bond acceptors (Lipinski definition) is 1. The zero-order valence-electron chi connectivity index (χ0n) is 6.76. The molecule has 0 unspecified atom stereocenters. The Kier molecular flexibility index (Phi) is 3.45. The fourth-order valence-corrected chi connectivity index (χ4v) is 0.986. The summed E-state index contributed by atoms with van der Waals surface area (Å²) in [6, 6.07) is 6.70. The average molecular weight is 164 g/mol. The molecule has 0 atom stereocenters. The fraction of sp³-hybridized carbons (Fsp3) is 0.200. The summed E-state index contributed by atoms with van der Waals surface area (Å²) in [7, 11) is 0. The van der Waals surface area contributed by atoms with Crippen LogP contribution in [0.15, 0.2) is 24.3 Å². The van der Waals surface area contributed by atoms with Gasteiger partial charge in [0.05, 0.1) is 0 Å². The summed E-state index contributed by atoms with van der Waals surface area (Å²) in [6.07, 6.45) is 4.39. The quantitative estimate of drug-likeness (QED) is 0.522. The summed E-state index contributed by atoms with van der Waals surface area (Å²) in [5.41, 5.74) is 0.694. The zero-order chi connectivity index (χ0) is 8.81. The molecule has 0 amide bonds. The Bertz CT molecular complexity index is 258. The molecule has 0 aliphatic carbocycles. The van der Waals surface area contributed by atoms with E-state index in [1.165, 1.54) is 12.3 Å². The smallest absolute Gasteiger partial charge is 0.126 e. The highest BCUT2D eigenvalue weighted by atomic mass is 19.1. The maximum atomic E-state index is 12.9. The van der Waals surface area contributed by atoms with Gasteiger partial charge in [-0.2, -0.15) is 0 Å². The first-order chi connectivity index (χ1) is 5.84. The number of halogens is 1. The van der Waals surface area contributed by atoms with E-state index in [0.717, 1.165) is 0 Å². The monoisotopic (exact) mass is 164 g/mol. The largest absolute Gasteiger partial charge is 0.313 e. The van der Waals surface area contributed by atoms with Gasteiger partial charge in [-0.25, -0.2) is 4.39 Å². The van der Waals surface area contributed by atoms with Gasteiger partial charge >= 0.3 is 0 Å². The normalized spacial score (nSPS) is 9.75. The number of benzene rings is 1. The van der Waals surface area contributed by atoms with Gasteiger partial charge in [-0.1, -0.05) is 18.2 Å². The van der Waals surface area contributed by atoms with E-state index in [2.05, 4.69) is 0 Å². The maximum absolute atomic E-state index is 12.9. The van der Waals surface area contributed by atoms with Crippen LogP contribution >= 0.6 is 0 Å². The van der Waals surface area contributed by atoms with E-state index in [4.69, 9.17) is 5.41 Å². The van der Waals surface area contributed by atoms with E-state index >= 15 is 0 Å². The van der Waals surface area contributed by atoms with Crippen LogP contribution in [0.25, 0.3) is 0 Å². The molecule has 1 aromatic rings. The summed E-state index contributed by atoms with van der Waals surface area (Å²) in [6.45, 7) is 0. The van der Waals surface area contributed by atoms with Crippen molar-refractivity contribution in [2.45, 2.75) is 12.8 Å². The van der Waals surface area contributed by atoms with Crippen molar-refractivity contribution in [3.8, 4) is 0 Å². The Morgan fingerprint density at radius 2 is 2.08 bits per heavy atom. The van der Waals surface area contributed by atoms with Crippen LogP contribution in [0.1, 0.15) is 12.0 Å². The minimum atomic E-state index is -0.168. The molecule has 0 fully saturated rings. The highest BCUT2D eigenvalue weighted by Gasteiger charge is 1.98. The van der Waals surface area contributed by atoms with Crippen LogP contribution in [0.4, 0.5) is 4.39 Å². The van der Waals surface area contributed by atoms with E-state index in [9.17, 15) is 4.39 Å². The van der Waals surface area contributed by atoms with Crippen LogP contribution in [0.2, 0.25) is 0 Å². The highest BCUT2D eigenvalue weighted by Crippen LogP contribution is 2.08. The second-order valence-corrected chi connectivity index (χ2v) is 2.52. The molecular formula is C10H11FN. The van der Waals surface area contributed by atoms with E-state index in [1.807, 2.05) is 12.5 Å². The third-order valence-electron chi connectivity index (χ3n) is 1.61. The summed E-state index contributed by atoms with van der Waals surface area (Å²) in [5.74, 6) is -0.168. The van der Waals surface area contributed by atoms with E-state index in [1.54, 1.807) is 12.1 Å². The number of unbranched alkanes of at least 4 members (excludes halogenated alkanes) is 1. The SMILES string of the molecule is N=CC[CH]Cc1ccccc1F. The van der Waals surface area contributed by atoms with Crippen LogP contribution in [0.3, 0.4) is 0 Å². The summed E-state index contributed by atoms with van der Waals surface area (Å²) < 4.78 is 12.9. The molecule has 1 aromatic carbocycles. The van der Waals surface area contributed by atoms with Gasteiger partial charge in [0.2, 0.25) is 0 Å². The molecule has 1 radical (unpaired) electrons. The Morgan fingerprint density at radius 3 is 2.75 bits per heavy atom. The molecule has 0 aromatic heterocycles. The van der Waals surface area contributed by atoms with Gasteiger partial charge in [0.1, 0.15) is 5.82 Å². The Morgan fingerprint density at radius 1 is 1.33 bits per heavy atom. The summed E-state index contributed by atoms with van der Waals surface area (Å²) >= 11 is 0. The lowest BCUT2D eigenvalue weighted by Gasteiger charge is -1.99. The molecule has 1 N–H and O–H groups in total. The Balaban J connectivity index is 2.51. The van der Waals surface area contributed by atoms with Crippen LogP contribution in [0, 0.1) is 17.6 Å². The number of hydrogen-bond donors (Lipinski definition) is 1. The van der Waals surface area contributed by atoms with E-state index < -0.39 is 0 Å². The predicted molar refractivity (Wildman–Crippen MR) is 47.8 cm³/mol. The molecule has 0 saturated carbocycles. The molecule has 0 heterocycles. The minimum Gasteiger partial charge on any atom is -0.313 e. The molecule has 1 nitrogen and oxygen atoms in total. The lowest BCUT2D eigenvalue weighted by Crippen LogP contribution is -1.90. The third-order valence-corrected chi connectivity index (χ3v) is 1.61. The number of nitrogens with one attached hydrogen (secondary N) is 1. The standard InChI is InChI=1S/C10H11FN/c11-10-7-2-1-5-9(10)6-3-4-8-12/h1-3,5,7-8,12H,4,6H2. The van der Waals surface area contributed by atoms with Crippen LogP contribution < -0.4 is 0 Å². The molecule has 0 spiro atoms. The van der Waals surface area contributed by atoms with Crippen molar-refractivity contribution in [3.63, 3.8) is 0 Å². The first-order valence-electron chi connectivity index (χ1n) is 3.88. The van der Waals surface area contributed by atoms with Crippen molar-refractivity contribution in [1.82, 2.24) is 0 Å². The van der Waals surface area contributed by atoms with Gasteiger partial charge in [0.15, 0.2) is 0 Å². The Hall–Kier alpha value is -1.18. The second kappa shape index (κ2) is 4.65. The van der Waals surface area contributed by atoms with E-state index in [0.29, 0.717) is 18.4 Å². The first-order valence-corrected chi connectivity index (χ1v) is 3.88. The third kappa shape index (κ3) is 2.46. The van der Waals surface area contributed by atoms with Crippen molar-refractivity contribution in [2.24, 2.45) is 0 Å². The Labute approximate surface area is 71.7 Å². The van der Waals surface area contributed by atoms with Gasteiger partial charge < -0.3 is 5.41 Å². The lowest BCUT2D eigenvalue weighted by atomic mass is 10.1. The molecule has 1 rings (SSSR count). The fourth-order valence-electron chi connectivity index (χ4n) is 0.986. The van der Waals surface area contributed by atoms with Crippen molar-refractivity contribution in [1.29, 1.82) is 5.41 Å². The highest BCUT2D eigenvalue weighted by molar-refractivity contribution is 5.54. The molecule has 0 bridgehead atoms. The van der Waals surface area contributed by atoms with Gasteiger partial charge in [0.25, 0.3) is 0 Å².